The molecule has 98 valence electrons. The van der Waals surface area contributed by atoms with E-state index in [0.29, 0.717) is 5.69 Å². The van der Waals surface area contributed by atoms with E-state index < -0.39 is 10.0 Å². The summed E-state index contributed by atoms with van der Waals surface area (Å²) in [6.45, 7) is 3.67. The van der Waals surface area contributed by atoms with Gasteiger partial charge in [0.2, 0.25) is 0 Å². The van der Waals surface area contributed by atoms with Gasteiger partial charge < -0.3 is 9.67 Å². The summed E-state index contributed by atoms with van der Waals surface area (Å²) in [4.78, 5) is 2.51. The minimum Gasteiger partial charge on any atom is -0.390 e. The lowest BCUT2D eigenvalue weighted by Crippen LogP contribution is -2.35. The molecule has 0 aliphatic rings. The summed E-state index contributed by atoms with van der Waals surface area (Å²) in [5.41, 5.74) is 0.583. The van der Waals surface area contributed by atoms with Crippen LogP contribution in [0.4, 0.5) is 0 Å². The highest BCUT2D eigenvalue weighted by atomic mass is 32.2. The molecular formula is C10H19N3O3S. The molecular weight excluding hydrogens is 242 g/mol. The molecule has 0 aliphatic carbocycles. The second-order valence-corrected chi connectivity index (χ2v) is 5.98. The largest absolute Gasteiger partial charge is 0.390 e. The maximum absolute atomic E-state index is 11.9. The van der Waals surface area contributed by atoms with Crippen molar-refractivity contribution in [2.45, 2.75) is 31.4 Å². The van der Waals surface area contributed by atoms with Crippen LogP contribution in [0.25, 0.3) is 0 Å². The fourth-order valence-electron chi connectivity index (χ4n) is 1.54. The predicted octanol–water partition coefficient (Wildman–Crippen LogP) is 0.316. The predicted molar refractivity (Wildman–Crippen MR) is 64.7 cm³/mol. The maximum atomic E-state index is 11.9. The van der Waals surface area contributed by atoms with Crippen LogP contribution in [0.2, 0.25) is 0 Å². The first-order valence-corrected chi connectivity index (χ1v) is 6.77. The lowest BCUT2D eigenvalue weighted by molar-refractivity contribution is 0.268. The first-order chi connectivity index (χ1) is 7.77. The van der Waals surface area contributed by atoms with E-state index in [4.69, 9.17) is 0 Å². The number of hydrazine groups is 1. The van der Waals surface area contributed by atoms with Gasteiger partial charge in [0, 0.05) is 32.0 Å². The van der Waals surface area contributed by atoms with Crippen LogP contribution in [0.15, 0.2) is 17.2 Å². The average molecular weight is 261 g/mol. The molecule has 1 heterocycles. The van der Waals surface area contributed by atoms with Crippen LogP contribution in [0, 0.1) is 0 Å². The summed E-state index contributed by atoms with van der Waals surface area (Å²) in [5, 5.41) is 10.5. The van der Waals surface area contributed by atoms with Crippen molar-refractivity contribution in [3.63, 3.8) is 0 Å². The number of aliphatic hydroxyl groups is 1. The lowest BCUT2D eigenvalue weighted by Gasteiger charge is -2.11. The maximum Gasteiger partial charge on any atom is 0.254 e. The van der Waals surface area contributed by atoms with Crippen LogP contribution in [0.3, 0.4) is 0 Å². The van der Waals surface area contributed by atoms with Gasteiger partial charge in [-0.25, -0.2) is 13.4 Å². The molecule has 0 aromatic carbocycles. The number of hydrogen-bond donors (Lipinski definition) is 2. The van der Waals surface area contributed by atoms with Crippen LogP contribution < -0.4 is 4.83 Å². The van der Waals surface area contributed by atoms with E-state index in [2.05, 4.69) is 4.83 Å². The van der Waals surface area contributed by atoms with Crippen LogP contribution >= 0.6 is 0 Å². The SMILES string of the molecule is CC(C)n1cc(S(=O)(=O)NN(C)C)cc1CO. The molecule has 0 spiro atoms. The highest BCUT2D eigenvalue weighted by Crippen LogP contribution is 2.18. The molecule has 0 fully saturated rings. The molecule has 0 amide bonds. The zero-order valence-corrected chi connectivity index (χ0v) is 11.3. The topological polar surface area (TPSA) is 74.6 Å². The number of nitrogens with zero attached hydrogens (tertiary/aromatic N) is 2. The fourth-order valence-corrected chi connectivity index (χ4v) is 2.67. The molecule has 0 atom stereocenters. The van der Waals surface area contributed by atoms with Crippen molar-refractivity contribution in [2.75, 3.05) is 14.1 Å². The van der Waals surface area contributed by atoms with Crippen molar-refractivity contribution in [2.24, 2.45) is 0 Å². The van der Waals surface area contributed by atoms with Crippen molar-refractivity contribution in [1.82, 2.24) is 14.4 Å². The molecule has 6 nitrogen and oxygen atoms in total. The Morgan fingerprint density at radius 3 is 2.41 bits per heavy atom. The number of aromatic nitrogens is 1. The number of hydrogen-bond acceptors (Lipinski definition) is 4. The molecule has 0 aliphatic heterocycles. The molecule has 1 aromatic heterocycles. The number of nitrogens with one attached hydrogen (secondary N) is 1. The van der Waals surface area contributed by atoms with Crippen LogP contribution in [0.5, 0.6) is 0 Å². The Morgan fingerprint density at radius 2 is 2.06 bits per heavy atom. The second-order valence-electron chi connectivity index (χ2n) is 4.32. The number of aliphatic hydroxyl groups excluding tert-OH is 1. The second kappa shape index (κ2) is 5.18. The third-order valence-electron chi connectivity index (χ3n) is 2.24. The summed E-state index contributed by atoms with van der Waals surface area (Å²) in [5.74, 6) is 0. The number of sulfonamides is 1. The van der Waals surface area contributed by atoms with Gasteiger partial charge in [-0.2, -0.15) is 0 Å². The zero-order valence-electron chi connectivity index (χ0n) is 10.5. The first kappa shape index (κ1) is 14.2. The summed E-state index contributed by atoms with van der Waals surface area (Å²) >= 11 is 0. The third-order valence-corrected chi connectivity index (χ3v) is 3.69. The van der Waals surface area contributed by atoms with Gasteiger partial charge in [0.1, 0.15) is 4.90 Å². The van der Waals surface area contributed by atoms with E-state index in [1.54, 1.807) is 18.7 Å². The van der Waals surface area contributed by atoms with Crippen LogP contribution in [-0.4, -0.2) is 37.2 Å². The molecule has 2 N–H and O–H groups in total. The summed E-state index contributed by atoms with van der Waals surface area (Å²) < 4.78 is 25.5. The Hall–Kier alpha value is -0.890. The molecule has 17 heavy (non-hydrogen) atoms. The Kier molecular flexibility index (Phi) is 4.31. The number of rotatable bonds is 5. The Bertz CT molecular complexity index is 477. The Labute approximate surface area is 102 Å². The summed E-state index contributed by atoms with van der Waals surface area (Å²) in [7, 11) is -0.359. The van der Waals surface area contributed by atoms with E-state index in [1.165, 1.54) is 17.3 Å². The van der Waals surface area contributed by atoms with Crippen molar-refractivity contribution in [1.29, 1.82) is 0 Å². The minimum absolute atomic E-state index is 0.0976. The van der Waals surface area contributed by atoms with Crippen molar-refractivity contribution < 1.29 is 13.5 Å². The van der Waals surface area contributed by atoms with Gasteiger partial charge in [-0.3, -0.25) is 0 Å². The molecule has 1 aromatic rings. The van der Waals surface area contributed by atoms with Gasteiger partial charge in [0.05, 0.1) is 6.61 Å². The lowest BCUT2D eigenvalue weighted by atomic mass is 10.3. The standard InChI is InChI=1S/C10H19N3O3S/c1-8(2)13-6-10(5-9(13)7-14)17(15,16)11-12(3)4/h5-6,8,11,14H,7H2,1-4H3. The molecule has 0 radical (unpaired) electrons. The highest BCUT2D eigenvalue weighted by Gasteiger charge is 2.19. The molecule has 0 unspecified atom stereocenters. The van der Waals surface area contributed by atoms with Crippen molar-refractivity contribution >= 4 is 10.0 Å². The summed E-state index contributed by atoms with van der Waals surface area (Å²) in [6, 6.07) is 1.58. The molecule has 0 saturated heterocycles. The van der Waals surface area contributed by atoms with Crippen molar-refractivity contribution in [3.05, 3.63) is 18.0 Å². The van der Waals surface area contributed by atoms with Crippen LogP contribution in [-0.2, 0) is 16.6 Å². The Balaban J connectivity index is 3.16. The molecule has 0 saturated carbocycles. The highest BCUT2D eigenvalue weighted by molar-refractivity contribution is 7.89. The van der Waals surface area contributed by atoms with Crippen LogP contribution in [0.1, 0.15) is 25.6 Å². The van der Waals surface area contributed by atoms with Gasteiger partial charge in [0.25, 0.3) is 10.0 Å². The zero-order chi connectivity index (χ0) is 13.2. The van der Waals surface area contributed by atoms with E-state index >= 15 is 0 Å². The third kappa shape index (κ3) is 3.29. The minimum atomic E-state index is -3.56. The smallest absolute Gasteiger partial charge is 0.254 e. The average Bonchev–Trinajstić information content (AvgIpc) is 2.59. The van der Waals surface area contributed by atoms with Gasteiger partial charge in [0.15, 0.2) is 0 Å². The van der Waals surface area contributed by atoms with Gasteiger partial charge in [-0.05, 0) is 19.9 Å². The monoisotopic (exact) mass is 261 g/mol. The Morgan fingerprint density at radius 1 is 1.47 bits per heavy atom. The van der Waals surface area contributed by atoms with Gasteiger partial charge in [-0.1, -0.05) is 0 Å². The normalized spacial score (nSPS) is 12.6. The van der Waals surface area contributed by atoms with Gasteiger partial charge in [-0.15, -0.1) is 4.83 Å². The van der Waals surface area contributed by atoms with E-state index in [1.807, 2.05) is 13.8 Å². The van der Waals surface area contributed by atoms with Crippen molar-refractivity contribution in [3.8, 4) is 0 Å². The summed E-state index contributed by atoms with van der Waals surface area (Å²) in [6.07, 6.45) is 1.53. The van der Waals surface area contributed by atoms with E-state index in [-0.39, 0.29) is 17.5 Å². The van der Waals surface area contributed by atoms with E-state index in [0.717, 1.165) is 0 Å². The van der Waals surface area contributed by atoms with E-state index in [9.17, 15) is 13.5 Å². The first-order valence-electron chi connectivity index (χ1n) is 5.29. The quantitative estimate of drug-likeness (QED) is 0.748. The van der Waals surface area contributed by atoms with Gasteiger partial charge >= 0.3 is 0 Å². The fraction of sp³-hybridized carbons (Fsp3) is 0.600. The molecule has 1 rings (SSSR count). The molecule has 0 bridgehead atoms. The molecule has 7 heteroatoms.